The summed E-state index contributed by atoms with van der Waals surface area (Å²) < 4.78 is 23.8. The maximum Gasteiger partial charge on any atom is 0.339 e. The predicted octanol–water partition coefficient (Wildman–Crippen LogP) is 6.30. The third-order valence-corrected chi connectivity index (χ3v) is 6.82. The molecule has 1 N–H and O–H groups in total. The number of anilines is 1. The number of amides is 3. The Labute approximate surface area is 239 Å². The van der Waals surface area contributed by atoms with Gasteiger partial charge in [-0.3, -0.25) is 19.3 Å². The Balaban J connectivity index is 1.35. The SMILES string of the molecule is CCCOC(=O)c1cc(NC(=O)CN2C(=O)S/C(=C\c3ccc(OCc4ccc(F)cc4)cc3)C2=O)ccc1Cl. The number of rotatable bonds is 10. The first kappa shape index (κ1) is 28.8. The molecule has 1 aliphatic heterocycles. The normalized spacial score (nSPS) is 14.0. The van der Waals surface area contributed by atoms with Crippen molar-refractivity contribution in [3.8, 4) is 5.75 Å². The number of imide groups is 1. The number of carbonyl (C=O) groups excluding carboxylic acids is 4. The minimum absolute atomic E-state index is 0.0916. The second kappa shape index (κ2) is 13.3. The minimum atomic E-state index is -0.624. The largest absolute Gasteiger partial charge is 0.489 e. The van der Waals surface area contributed by atoms with Gasteiger partial charge in [0, 0.05) is 5.69 Å². The average Bonchev–Trinajstić information content (AvgIpc) is 3.20. The average molecular weight is 583 g/mol. The van der Waals surface area contributed by atoms with E-state index in [1.165, 1.54) is 30.3 Å². The minimum Gasteiger partial charge on any atom is -0.489 e. The number of halogens is 2. The molecule has 40 heavy (non-hydrogen) atoms. The summed E-state index contributed by atoms with van der Waals surface area (Å²) in [6.45, 7) is 1.85. The summed E-state index contributed by atoms with van der Waals surface area (Å²) >= 11 is 6.81. The van der Waals surface area contributed by atoms with E-state index in [1.807, 2.05) is 6.92 Å². The highest BCUT2D eigenvalue weighted by Crippen LogP contribution is 2.32. The summed E-state index contributed by atoms with van der Waals surface area (Å²) in [6, 6.07) is 17.2. The molecule has 1 saturated heterocycles. The quantitative estimate of drug-likeness (QED) is 0.221. The van der Waals surface area contributed by atoms with E-state index in [2.05, 4.69) is 5.32 Å². The first-order valence-electron chi connectivity index (χ1n) is 12.2. The molecule has 8 nitrogen and oxygen atoms in total. The van der Waals surface area contributed by atoms with Crippen LogP contribution in [0.15, 0.2) is 71.6 Å². The molecule has 1 fully saturated rings. The van der Waals surface area contributed by atoms with Crippen LogP contribution in [0.1, 0.15) is 34.8 Å². The molecule has 3 amide bonds. The molecule has 0 radical (unpaired) electrons. The first-order valence-corrected chi connectivity index (χ1v) is 13.4. The number of nitrogens with zero attached hydrogens (tertiary/aromatic N) is 1. The lowest BCUT2D eigenvalue weighted by atomic mass is 10.2. The smallest absolute Gasteiger partial charge is 0.339 e. The molecule has 0 bridgehead atoms. The fourth-order valence-electron chi connectivity index (χ4n) is 3.57. The van der Waals surface area contributed by atoms with Crippen LogP contribution < -0.4 is 10.1 Å². The molecular formula is C29H24ClFN2O6S. The summed E-state index contributed by atoms with van der Waals surface area (Å²) in [5, 5.41) is 2.16. The van der Waals surface area contributed by atoms with Crippen LogP contribution >= 0.6 is 23.4 Å². The molecule has 0 saturated carbocycles. The van der Waals surface area contributed by atoms with Crippen molar-refractivity contribution >= 4 is 58.1 Å². The van der Waals surface area contributed by atoms with Gasteiger partial charge in [0.1, 0.15) is 24.7 Å². The Hall–Kier alpha value is -4.15. The van der Waals surface area contributed by atoms with Crippen LogP contribution in [-0.4, -0.2) is 41.1 Å². The molecular weight excluding hydrogens is 559 g/mol. The lowest BCUT2D eigenvalue weighted by Gasteiger charge is -2.13. The second-order valence-corrected chi connectivity index (χ2v) is 10.0. The van der Waals surface area contributed by atoms with Gasteiger partial charge in [0.2, 0.25) is 5.91 Å². The fourth-order valence-corrected chi connectivity index (χ4v) is 4.60. The van der Waals surface area contributed by atoms with Gasteiger partial charge < -0.3 is 14.8 Å². The summed E-state index contributed by atoms with van der Waals surface area (Å²) in [6.07, 6.45) is 2.20. The van der Waals surface area contributed by atoms with E-state index >= 15 is 0 Å². The highest BCUT2D eigenvalue weighted by Gasteiger charge is 2.36. The van der Waals surface area contributed by atoms with Crippen LogP contribution in [0.4, 0.5) is 14.9 Å². The van der Waals surface area contributed by atoms with Gasteiger partial charge in [0.05, 0.1) is 22.1 Å². The van der Waals surface area contributed by atoms with E-state index in [1.54, 1.807) is 42.5 Å². The van der Waals surface area contributed by atoms with Crippen LogP contribution in [0.25, 0.3) is 6.08 Å². The van der Waals surface area contributed by atoms with Crippen molar-refractivity contribution in [3.63, 3.8) is 0 Å². The summed E-state index contributed by atoms with van der Waals surface area (Å²) in [5.41, 5.74) is 1.83. The van der Waals surface area contributed by atoms with Gasteiger partial charge in [-0.25, -0.2) is 9.18 Å². The number of hydrogen-bond acceptors (Lipinski definition) is 7. The van der Waals surface area contributed by atoms with Crippen molar-refractivity contribution in [2.45, 2.75) is 20.0 Å². The van der Waals surface area contributed by atoms with Gasteiger partial charge in [0.25, 0.3) is 11.1 Å². The molecule has 0 aromatic heterocycles. The Morgan fingerprint density at radius 1 is 1.05 bits per heavy atom. The molecule has 4 rings (SSSR count). The fraction of sp³-hybridized carbons (Fsp3) is 0.172. The van der Waals surface area contributed by atoms with Gasteiger partial charge >= 0.3 is 5.97 Å². The van der Waals surface area contributed by atoms with Gasteiger partial charge in [-0.2, -0.15) is 0 Å². The van der Waals surface area contributed by atoms with Gasteiger partial charge in [-0.1, -0.05) is 42.8 Å². The topological polar surface area (TPSA) is 102 Å². The number of thioether (sulfide) groups is 1. The third-order valence-electron chi connectivity index (χ3n) is 5.58. The van der Waals surface area contributed by atoms with E-state index in [0.29, 0.717) is 17.7 Å². The van der Waals surface area contributed by atoms with Crippen LogP contribution in [0.3, 0.4) is 0 Å². The highest BCUT2D eigenvalue weighted by molar-refractivity contribution is 8.18. The zero-order chi connectivity index (χ0) is 28.6. The van der Waals surface area contributed by atoms with Crippen molar-refractivity contribution < 1.29 is 33.0 Å². The zero-order valence-corrected chi connectivity index (χ0v) is 22.9. The molecule has 1 heterocycles. The number of ether oxygens (including phenoxy) is 2. The lowest BCUT2D eigenvalue weighted by molar-refractivity contribution is -0.127. The summed E-state index contributed by atoms with van der Waals surface area (Å²) in [7, 11) is 0. The van der Waals surface area contributed by atoms with Crippen molar-refractivity contribution in [1.29, 1.82) is 0 Å². The number of benzene rings is 3. The van der Waals surface area contributed by atoms with Crippen molar-refractivity contribution in [2.24, 2.45) is 0 Å². The number of hydrogen-bond donors (Lipinski definition) is 1. The van der Waals surface area contributed by atoms with Crippen LogP contribution in [0.5, 0.6) is 5.75 Å². The predicted molar refractivity (Wildman–Crippen MR) is 151 cm³/mol. The maximum atomic E-state index is 13.0. The molecule has 3 aromatic carbocycles. The molecule has 1 aliphatic rings. The van der Waals surface area contributed by atoms with Crippen molar-refractivity contribution in [3.05, 3.63) is 99.2 Å². The van der Waals surface area contributed by atoms with E-state index < -0.39 is 29.6 Å². The highest BCUT2D eigenvalue weighted by atomic mass is 35.5. The van der Waals surface area contributed by atoms with Gasteiger partial charge in [-0.05, 0) is 77.9 Å². The molecule has 0 spiro atoms. The maximum absolute atomic E-state index is 13.0. The molecule has 0 aliphatic carbocycles. The van der Waals surface area contributed by atoms with Crippen molar-refractivity contribution in [2.75, 3.05) is 18.5 Å². The van der Waals surface area contributed by atoms with Crippen LogP contribution in [-0.2, 0) is 20.9 Å². The van der Waals surface area contributed by atoms with E-state index in [-0.39, 0.29) is 40.2 Å². The van der Waals surface area contributed by atoms with E-state index in [4.69, 9.17) is 21.1 Å². The molecule has 206 valence electrons. The van der Waals surface area contributed by atoms with Crippen LogP contribution in [0.2, 0.25) is 5.02 Å². The van der Waals surface area contributed by atoms with Crippen molar-refractivity contribution in [1.82, 2.24) is 4.90 Å². The Morgan fingerprint density at radius 3 is 2.48 bits per heavy atom. The van der Waals surface area contributed by atoms with Gasteiger partial charge in [-0.15, -0.1) is 0 Å². The molecule has 0 unspecified atom stereocenters. The first-order chi connectivity index (χ1) is 19.2. The monoisotopic (exact) mass is 582 g/mol. The molecule has 3 aromatic rings. The third kappa shape index (κ3) is 7.49. The number of nitrogens with one attached hydrogen (secondary N) is 1. The summed E-state index contributed by atoms with van der Waals surface area (Å²) in [4.78, 5) is 51.2. The number of esters is 1. The second-order valence-electron chi connectivity index (χ2n) is 8.63. The zero-order valence-electron chi connectivity index (χ0n) is 21.3. The number of carbonyl (C=O) groups is 4. The Bertz CT molecular complexity index is 1460. The Morgan fingerprint density at radius 2 is 1.77 bits per heavy atom. The summed E-state index contributed by atoms with van der Waals surface area (Å²) in [5.74, 6) is -1.58. The molecule has 0 atom stereocenters. The Kier molecular flexibility index (Phi) is 9.57. The standard InChI is InChI=1S/C29H24ClFN2O6S/c1-2-13-38-28(36)23-15-21(9-12-24(23)30)32-26(34)16-33-27(35)25(40-29(33)37)14-18-5-10-22(11-6-18)39-17-19-3-7-20(31)8-4-19/h3-12,14-15H,2,13,16-17H2,1H3,(H,32,34)/b25-14-. The lowest BCUT2D eigenvalue weighted by Crippen LogP contribution is -2.36. The van der Waals surface area contributed by atoms with Gasteiger partial charge in [0.15, 0.2) is 0 Å². The molecule has 11 heteroatoms. The van der Waals surface area contributed by atoms with Crippen LogP contribution in [0, 0.1) is 5.82 Å². The van der Waals surface area contributed by atoms with E-state index in [0.717, 1.165) is 22.2 Å². The van der Waals surface area contributed by atoms with E-state index in [9.17, 15) is 23.6 Å².